The lowest BCUT2D eigenvalue weighted by molar-refractivity contribution is 0.0697. The Balaban J connectivity index is 0.000000154. The van der Waals surface area contributed by atoms with E-state index >= 15 is 0 Å². The Bertz CT molecular complexity index is 780. The van der Waals surface area contributed by atoms with E-state index in [1.165, 1.54) is 12.1 Å². The van der Waals surface area contributed by atoms with Crippen LogP contribution in [0.15, 0.2) is 48.7 Å². The lowest BCUT2D eigenvalue weighted by Gasteiger charge is -1.99. The van der Waals surface area contributed by atoms with E-state index < -0.39 is 5.97 Å². The van der Waals surface area contributed by atoms with Crippen LogP contribution < -0.4 is 5.73 Å². The number of fused-ring (bicyclic) bond motifs is 1. The van der Waals surface area contributed by atoms with Gasteiger partial charge in [0.1, 0.15) is 11.5 Å². The number of aromatic amines is 1. The number of anilines is 1. The SMILES string of the molecule is Nc1ccc(O)cc1C(=O)O.Oc1ccc2[nH]ccc2c1. The number of carboxylic acids is 1. The van der Waals surface area contributed by atoms with E-state index in [4.69, 9.17) is 21.1 Å². The molecule has 0 spiro atoms. The highest BCUT2D eigenvalue weighted by molar-refractivity contribution is 5.94. The first-order chi connectivity index (χ1) is 9.97. The molecule has 0 bridgehead atoms. The van der Waals surface area contributed by atoms with Crippen LogP contribution in [-0.2, 0) is 0 Å². The average molecular weight is 286 g/mol. The molecule has 0 radical (unpaired) electrons. The smallest absolute Gasteiger partial charge is 0.337 e. The van der Waals surface area contributed by atoms with Gasteiger partial charge in [0.15, 0.2) is 0 Å². The highest BCUT2D eigenvalue weighted by Crippen LogP contribution is 2.18. The number of nitrogen functional groups attached to an aromatic ring is 1. The second-order valence-electron chi connectivity index (χ2n) is 4.33. The molecule has 0 aliphatic rings. The number of aromatic hydroxyl groups is 2. The zero-order chi connectivity index (χ0) is 15.4. The van der Waals surface area contributed by atoms with Gasteiger partial charge < -0.3 is 26.0 Å². The van der Waals surface area contributed by atoms with E-state index in [1.807, 2.05) is 18.3 Å². The van der Waals surface area contributed by atoms with E-state index in [2.05, 4.69) is 4.98 Å². The largest absolute Gasteiger partial charge is 0.508 e. The maximum absolute atomic E-state index is 10.4. The first-order valence-electron chi connectivity index (χ1n) is 6.05. The molecular formula is C15H14N2O4. The number of phenols is 2. The fraction of sp³-hybridized carbons (Fsp3) is 0. The third kappa shape index (κ3) is 3.44. The van der Waals surface area contributed by atoms with Gasteiger partial charge in [0.2, 0.25) is 0 Å². The number of carbonyl (C=O) groups is 1. The zero-order valence-electron chi connectivity index (χ0n) is 10.9. The number of nitrogens with two attached hydrogens (primary N) is 1. The van der Waals surface area contributed by atoms with Crippen LogP contribution in [0, 0.1) is 0 Å². The standard InChI is InChI=1S/C8H7NO.C7H7NO3/c10-7-1-2-8-6(5-7)3-4-9-8;8-6-2-1-4(9)3-5(6)7(10)11/h1-5,9-10H;1-3,9H,8H2,(H,10,11). The van der Waals surface area contributed by atoms with Gasteiger partial charge >= 0.3 is 5.97 Å². The lowest BCUT2D eigenvalue weighted by Crippen LogP contribution is -2.01. The summed E-state index contributed by atoms with van der Waals surface area (Å²) in [6.45, 7) is 0. The van der Waals surface area contributed by atoms with Gasteiger partial charge in [0, 0.05) is 22.8 Å². The molecule has 1 heterocycles. The molecular weight excluding hydrogens is 272 g/mol. The number of hydrogen-bond acceptors (Lipinski definition) is 4. The van der Waals surface area contributed by atoms with Crippen molar-refractivity contribution in [3.63, 3.8) is 0 Å². The summed E-state index contributed by atoms with van der Waals surface area (Å²) in [5.74, 6) is -0.929. The van der Waals surface area contributed by atoms with Crippen LogP contribution in [0.2, 0.25) is 0 Å². The predicted octanol–water partition coefficient (Wildman–Crippen LogP) is 2.55. The summed E-state index contributed by atoms with van der Waals surface area (Å²) < 4.78 is 0. The second-order valence-corrected chi connectivity index (χ2v) is 4.33. The second kappa shape index (κ2) is 5.87. The Hall–Kier alpha value is -3.15. The van der Waals surface area contributed by atoms with E-state index in [0.29, 0.717) is 5.75 Å². The van der Waals surface area contributed by atoms with Gasteiger partial charge in [-0.3, -0.25) is 0 Å². The van der Waals surface area contributed by atoms with Crippen LogP contribution in [-0.4, -0.2) is 26.3 Å². The first kappa shape index (κ1) is 14.3. The summed E-state index contributed by atoms with van der Waals surface area (Å²) in [7, 11) is 0. The Kier molecular flexibility index (Phi) is 3.99. The number of H-pyrrole nitrogens is 1. The average Bonchev–Trinajstić information content (AvgIpc) is 2.89. The number of benzene rings is 2. The van der Waals surface area contributed by atoms with Crippen molar-refractivity contribution in [2.45, 2.75) is 0 Å². The molecule has 3 aromatic rings. The molecule has 0 unspecified atom stereocenters. The fourth-order valence-corrected chi connectivity index (χ4v) is 1.77. The predicted molar refractivity (Wildman–Crippen MR) is 79.4 cm³/mol. The number of phenolic OH excluding ortho intramolecular Hbond substituents is 2. The minimum absolute atomic E-state index is 0.0787. The third-order valence-corrected chi connectivity index (χ3v) is 2.80. The fourth-order valence-electron chi connectivity index (χ4n) is 1.77. The molecule has 0 aliphatic carbocycles. The van der Waals surface area contributed by atoms with Gasteiger partial charge in [-0.2, -0.15) is 0 Å². The number of aromatic nitrogens is 1. The van der Waals surface area contributed by atoms with Gasteiger partial charge in [0.25, 0.3) is 0 Å². The Morgan fingerprint density at radius 1 is 1.00 bits per heavy atom. The highest BCUT2D eigenvalue weighted by Gasteiger charge is 2.07. The van der Waals surface area contributed by atoms with Crippen molar-refractivity contribution in [3.8, 4) is 11.5 Å². The third-order valence-electron chi connectivity index (χ3n) is 2.80. The van der Waals surface area contributed by atoms with E-state index in [0.717, 1.165) is 17.0 Å². The van der Waals surface area contributed by atoms with Crippen molar-refractivity contribution in [1.82, 2.24) is 4.98 Å². The normalized spacial score (nSPS) is 9.90. The molecule has 1 aromatic heterocycles. The summed E-state index contributed by atoms with van der Waals surface area (Å²) in [4.78, 5) is 13.4. The Morgan fingerprint density at radius 3 is 2.33 bits per heavy atom. The summed E-state index contributed by atoms with van der Waals surface area (Å²) >= 11 is 0. The topological polar surface area (TPSA) is 120 Å². The van der Waals surface area contributed by atoms with Gasteiger partial charge in [-0.1, -0.05) is 0 Å². The maximum atomic E-state index is 10.4. The molecule has 6 nitrogen and oxygen atoms in total. The van der Waals surface area contributed by atoms with Crippen LogP contribution >= 0.6 is 0 Å². The summed E-state index contributed by atoms with van der Waals surface area (Å²) in [5.41, 5.74) is 6.42. The van der Waals surface area contributed by atoms with Gasteiger partial charge in [-0.05, 0) is 42.5 Å². The molecule has 108 valence electrons. The highest BCUT2D eigenvalue weighted by atomic mass is 16.4. The van der Waals surface area contributed by atoms with Crippen LogP contribution in [0.3, 0.4) is 0 Å². The van der Waals surface area contributed by atoms with Crippen molar-refractivity contribution < 1.29 is 20.1 Å². The van der Waals surface area contributed by atoms with E-state index in [9.17, 15) is 4.79 Å². The molecule has 0 saturated carbocycles. The van der Waals surface area contributed by atoms with Crippen LogP contribution in [0.5, 0.6) is 11.5 Å². The lowest BCUT2D eigenvalue weighted by atomic mass is 10.2. The molecule has 0 amide bonds. The first-order valence-corrected chi connectivity index (χ1v) is 6.05. The maximum Gasteiger partial charge on any atom is 0.337 e. The van der Waals surface area contributed by atoms with Gasteiger partial charge in [-0.25, -0.2) is 4.79 Å². The zero-order valence-corrected chi connectivity index (χ0v) is 10.9. The summed E-state index contributed by atoms with van der Waals surface area (Å²) in [6.07, 6.45) is 1.85. The molecule has 6 heteroatoms. The summed E-state index contributed by atoms with van der Waals surface area (Å²) in [6, 6.07) is 11.0. The molecule has 21 heavy (non-hydrogen) atoms. The Morgan fingerprint density at radius 2 is 1.67 bits per heavy atom. The Labute approximate surface area is 120 Å². The number of carboxylic acid groups (broad SMARTS) is 1. The molecule has 6 N–H and O–H groups in total. The molecule has 0 saturated heterocycles. The monoisotopic (exact) mass is 286 g/mol. The number of nitrogens with one attached hydrogen (secondary N) is 1. The van der Waals surface area contributed by atoms with E-state index in [1.54, 1.807) is 12.1 Å². The quantitative estimate of drug-likeness (QED) is 0.348. The minimum atomic E-state index is -1.14. The number of hydrogen-bond donors (Lipinski definition) is 5. The minimum Gasteiger partial charge on any atom is -0.508 e. The van der Waals surface area contributed by atoms with Crippen molar-refractivity contribution in [3.05, 3.63) is 54.2 Å². The van der Waals surface area contributed by atoms with Crippen molar-refractivity contribution in [1.29, 1.82) is 0 Å². The van der Waals surface area contributed by atoms with Crippen LogP contribution in [0.25, 0.3) is 10.9 Å². The van der Waals surface area contributed by atoms with Crippen molar-refractivity contribution in [2.24, 2.45) is 0 Å². The molecule has 0 fully saturated rings. The molecule has 0 aliphatic heterocycles. The van der Waals surface area contributed by atoms with Gasteiger partial charge in [-0.15, -0.1) is 0 Å². The van der Waals surface area contributed by atoms with Gasteiger partial charge in [0.05, 0.1) is 5.56 Å². The van der Waals surface area contributed by atoms with Crippen LogP contribution in [0.1, 0.15) is 10.4 Å². The summed E-state index contributed by atoms with van der Waals surface area (Å²) in [5, 5.41) is 27.4. The number of rotatable bonds is 1. The number of aromatic carboxylic acids is 1. The van der Waals surface area contributed by atoms with Crippen LogP contribution in [0.4, 0.5) is 5.69 Å². The molecule has 2 aromatic carbocycles. The van der Waals surface area contributed by atoms with E-state index in [-0.39, 0.29) is 17.0 Å². The van der Waals surface area contributed by atoms with Crippen molar-refractivity contribution >= 4 is 22.6 Å². The van der Waals surface area contributed by atoms with Crippen molar-refractivity contribution in [2.75, 3.05) is 5.73 Å². The molecule has 0 atom stereocenters. The molecule has 3 rings (SSSR count).